The Balaban J connectivity index is 2.22. The first-order valence-corrected chi connectivity index (χ1v) is 10.3. The number of nitrogens with zero attached hydrogens (tertiary/aromatic N) is 1. The first-order valence-electron chi connectivity index (χ1n) is 8.37. The Morgan fingerprint density at radius 1 is 1.11 bits per heavy atom. The monoisotopic (exact) mass is 405 g/mol. The van der Waals surface area contributed by atoms with Gasteiger partial charge in [-0.3, -0.25) is 14.9 Å². The molecular formula is C19H19NO7S. The lowest BCUT2D eigenvalue weighted by atomic mass is 10.0. The number of nitro benzene ring substituents is 1. The van der Waals surface area contributed by atoms with Gasteiger partial charge in [0.1, 0.15) is 4.90 Å². The molecule has 0 aromatic heterocycles. The van der Waals surface area contributed by atoms with Crippen LogP contribution in [0.15, 0.2) is 47.4 Å². The minimum absolute atomic E-state index is 0.222. The number of carbonyl (C=O) groups is 2. The van der Waals surface area contributed by atoms with E-state index < -0.39 is 43.2 Å². The van der Waals surface area contributed by atoms with Gasteiger partial charge < -0.3 is 4.74 Å². The molecule has 9 heteroatoms. The quantitative estimate of drug-likeness (QED) is 0.300. The van der Waals surface area contributed by atoms with Gasteiger partial charge in [0.2, 0.25) is 5.78 Å². The van der Waals surface area contributed by atoms with Crippen LogP contribution in [0, 0.1) is 10.1 Å². The fourth-order valence-electron chi connectivity index (χ4n) is 2.52. The molecule has 0 bridgehead atoms. The Hall–Kier alpha value is -3.07. The predicted molar refractivity (Wildman–Crippen MR) is 101 cm³/mol. The summed E-state index contributed by atoms with van der Waals surface area (Å²) in [5.74, 6) is -1.38. The summed E-state index contributed by atoms with van der Waals surface area (Å²) in [6.45, 7) is 3.38. The smallest absolute Gasteiger partial charge is 0.339 e. The number of rotatable bonds is 7. The van der Waals surface area contributed by atoms with Crippen molar-refractivity contribution in [3.63, 3.8) is 0 Å². The Kier molecular flexibility index (Phi) is 6.30. The summed E-state index contributed by atoms with van der Waals surface area (Å²) in [4.78, 5) is 34.4. The number of Topliss-reactive ketones (excluding diaryl/α,β-unsaturated/α-hetero) is 1. The van der Waals surface area contributed by atoms with E-state index in [1.165, 1.54) is 6.92 Å². The van der Waals surface area contributed by atoms with E-state index in [0.717, 1.165) is 36.4 Å². The van der Waals surface area contributed by atoms with E-state index in [1.54, 1.807) is 24.3 Å². The van der Waals surface area contributed by atoms with Gasteiger partial charge in [0.25, 0.3) is 5.69 Å². The fraction of sp³-hybridized carbons (Fsp3) is 0.263. The highest BCUT2D eigenvalue weighted by atomic mass is 32.2. The van der Waals surface area contributed by atoms with Crippen LogP contribution in [0.4, 0.5) is 5.69 Å². The summed E-state index contributed by atoms with van der Waals surface area (Å²) in [5, 5.41) is 11.1. The maximum Gasteiger partial charge on any atom is 0.339 e. The van der Waals surface area contributed by atoms with Gasteiger partial charge >= 0.3 is 5.97 Å². The van der Waals surface area contributed by atoms with Crippen molar-refractivity contribution in [1.29, 1.82) is 0 Å². The summed E-state index contributed by atoms with van der Waals surface area (Å²) >= 11 is 0. The third-order valence-corrected chi connectivity index (χ3v) is 5.23. The highest BCUT2D eigenvalue weighted by molar-refractivity contribution is 7.90. The zero-order valence-electron chi connectivity index (χ0n) is 15.5. The van der Waals surface area contributed by atoms with Crippen LogP contribution in [0.5, 0.6) is 0 Å². The number of ketones is 1. The van der Waals surface area contributed by atoms with Crippen molar-refractivity contribution in [1.82, 2.24) is 0 Å². The summed E-state index contributed by atoms with van der Waals surface area (Å²) in [5.41, 5.74) is 0.474. The normalized spacial score (nSPS) is 12.2. The van der Waals surface area contributed by atoms with Crippen molar-refractivity contribution in [2.24, 2.45) is 0 Å². The Labute approximate surface area is 162 Å². The molecule has 0 N–H and O–H groups in total. The molecule has 0 fully saturated rings. The Bertz CT molecular complexity index is 1030. The van der Waals surface area contributed by atoms with E-state index in [4.69, 9.17) is 4.74 Å². The minimum atomic E-state index is -3.85. The van der Waals surface area contributed by atoms with E-state index in [9.17, 15) is 28.1 Å². The summed E-state index contributed by atoms with van der Waals surface area (Å²) in [6, 6.07) is 9.78. The molecule has 0 aliphatic rings. The number of sulfone groups is 1. The van der Waals surface area contributed by atoms with Gasteiger partial charge in [-0.05, 0) is 31.0 Å². The number of carbonyl (C=O) groups excluding carboxylic acids is 2. The SMILES string of the molecule is CCc1ccc(C(=O)[C@@H](C)OC(=O)c2ccc(S(C)(=O)=O)c([N+](=O)[O-])c2)cc1. The lowest BCUT2D eigenvalue weighted by Crippen LogP contribution is -2.24. The van der Waals surface area contributed by atoms with Crippen molar-refractivity contribution >= 4 is 27.3 Å². The molecule has 0 spiro atoms. The molecule has 0 heterocycles. The van der Waals surface area contributed by atoms with E-state index in [2.05, 4.69) is 0 Å². The van der Waals surface area contributed by atoms with Crippen LogP contribution in [-0.4, -0.2) is 37.5 Å². The van der Waals surface area contributed by atoms with Crippen LogP contribution < -0.4 is 0 Å². The Morgan fingerprint density at radius 3 is 2.18 bits per heavy atom. The minimum Gasteiger partial charge on any atom is -0.451 e. The average Bonchev–Trinajstić information content (AvgIpc) is 2.66. The molecule has 2 aromatic rings. The molecule has 0 aliphatic carbocycles. The highest BCUT2D eigenvalue weighted by Gasteiger charge is 2.26. The summed E-state index contributed by atoms with van der Waals surface area (Å²) < 4.78 is 28.4. The van der Waals surface area contributed by atoms with Gasteiger partial charge in [-0.15, -0.1) is 0 Å². The van der Waals surface area contributed by atoms with Crippen LogP contribution in [0.25, 0.3) is 0 Å². The summed E-state index contributed by atoms with van der Waals surface area (Å²) in [6.07, 6.45) is 0.535. The van der Waals surface area contributed by atoms with Crippen LogP contribution in [0.3, 0.4) is 0 Å². The molecule has 28 heavy (non-hydrogen) atoms. The van der Waals surface area contributed by atoms with Crippen LogP contribution in [0.2, 0.25) is 0 Å². The molecule has 0 aliphatic heterocycles. The molecule has 8 nitrogen and oxygen atoms in total. The first-order chi connectivity index (χ1) is 13.0. The zero-order chi connectivity index (χ0) is 21.1. The first kappa shape index (κ1) is 21.2. The van der Waals surface area contributed by atoms with Crippen LogP contribution >= 0.6 is 0 Å². The molecular weight excluding hydrogens is 386 g/mol. The molecule has 0 unspecified atom stereocenters. The van der Waals surface area contributed by atoms with Gasteiger partial charge in [-0.2, -0.15) is 0 Å². The molecule has 0 saturated carbocycles. The topological polar surface area (TPSA) is 121 Å². The van der Waals surface area contributed by atoms with Crippen molar-refractivity contribution in [2.45, 2.75) is 31.3 Å². The molecule has 0 amide bonds. The molecule has 2 aromatic carbocycles. The third kappa shape index (κ3) is 4.80. The Morgan fingerprint density at radius 2 is 1.68 bits per heavy atom. The molecule has 2 rings (SSSR count). The van der Waals surface area contributed by atoms with Crippen molar-refractivity contribution in [3.8, 4) is 0 Å². The lowest BCUT2D eigenvalue weighted by molar-refractivity contribution is -0.387. The number of hydrogen-bond acceptors (Lipinski definition) is 7. The standard InChI is InChI=1S/C19H19NO7S/c1-4-13-5-7-14(8-6-13)18(21)12(2)27-19(22)15-9-10-17(28(3,25)26)16(11-15)20(23)24/h5-12H,4H2,1-3H3/t12-/m1/s1. The summed E-state index contributed by atoms with van der Waals surface area (Å²) in [7, 11) is -3.85. The molecule has 0 saturated heterocycles. The number of hydrogen-bond donors (Lipinski definition) is 0. The lowest BCUT2D eigenvalue weighted by Gasteiger charge is -2.13. The van der Waals surface area contributed by atoms with E-state index >= 15 is 0 Å². The van der Waals surface area contributed by atoms with Crippen molar-refractivity contribution in [3.05, 3.63) is 69.3 Å². The number of benzene rings is 2. The van der Waals surface area contributed by atoms with E-state index in [1.807, 2.05) is 6.92 Å². The van der Waals surface area contributed by atoms with Crippen LogP contribution in [0.1, 0.15) is 40.1 Å². The molecule has 148 valence electrons. The van der Waals surface area contributed by atoms with E-state index in [-0.39, 0.29) is 5.56 Å². The highest BCUT2D eigenvalue weighted by Crippen LogP contribution is 2.25. The van der Waals surface area contributed by atoms with Gasteiger partial charge in [-0.1, -0.05) is 31.2 Å². The van der Waals surface area contributed by atoms with Crippen LogP contribution in [-0.2, 0) is 21.0 Å². The number of aryl methyl sites for hydroxylation is 1. The average molecular weight is 405 g/mol. The fourth-order valence-corrected chi connectivity index (χ4v) is 3.35. The van der Waals surface area contributed by atoms with Gasteiger partial charge in [-0.25, -0.2) is 13.2 Å². The largest absolute Gasteiger partial charge is 0.451 e. The number of esters is 1. The second-order valence-electron chi connectivity index (χ2n) is 6.17. The van der Waals surface area contributed by atoms with E-state index in [0.29, 0.717) is 5.56 Å². The second kappa shape index (κ2) is 8.30. The van der Waals surface area contributed by atoms with Crippen molar-refractivity contribution in [2.75, 3.05) is 6.26 Å². The second-order valence-corrected chi connectivity index (χ2v) is 8.16. The van der Waals surface area contributed by atoms with Gasteiger partial charge in [0, 0.05) is 17.9 Å². The van der Waals surface area contributed by atoms with Gasteiger partial charge in [0.15, 0.2) is 15.9 Å². The third-order valence-electron chi connectivity index (χ3n) is 4.09. The molecule has 1 atom stereocenters. The maximum absolute atomic E-state index is 12.4. The molecule has 0 radical (unpaired) electrons. The van der Waals surface area contributed by atoms with Gasteiger partial charge in [0.05, 0.1) is 10.5 Å². The predicted octanol–water partition coefficient (Wildman–Crippen LogP) is 2.99. The maximum atomic E-state index is 12.4. The number of ether oxygens (including phenoxy) is 1. The van der Waals surface area contributed by atoms with Crippen molar-refractivity contribution < 1.29 is 27.7 Å². The number of nitro groups is 1. The zero-order valence-corrected chi connectivity index (χ0v) is 16.4.